The fourth-order valence-corrected chi connectivity index (χ4v) is 4.65. The molecule has 0 heterocycles. The smallest absolute Gasteiger partial charge is 0.691 e. The van der Waals surface area contributed by atoms with Crippen LogP contribution >= 0.6 is 11.4 Å². The fourth-order valence-electron chi connectivity index (χ4n) is 0.707. The fraction of sp³-hybridized carbons (Fsp3) is 1.00. The predicted octanol–water partition coefficient (Wildman–Crippen LogP) is 3.66. The van der Waals surface area contributed by atoms with E-state index in [4.69, 9.17) is 66.2 Å². The molecule has 1 radical (unpaired) electrons. The molecule has 0 rings (SSSR count). The average Bonchev–Trinajstić information content (AvgIpc) is 2.17. The molecule has 0 unspecified atom stereocenters. The summed E-state index contributed by atoms with van der Waals surface area (Å²) in [5.41, 5.74) is -4.55. The first kappa shape index (κ1) is 26.3. The minimum absolute atomic E-state index is 0. The molecule has 4 nitrogen and oxygen atoms in total. The van der Waals surface area contributed by atoms with Crippen LogP contribution in [0, 0.1) is 0 Å². The van der Waals surface area contributed by atoms with Crippen molar-refractivity contribution >= 4 is 59.5 Å². The monoisotopic (exact) mass is 433 g/mol. The molecule has 0 aromatic rings. The second-order valence-corrected chi connectivity index (χ2v) is 12.5. The van der Waals surface area contributed by atoms with E-state index in [1.54, 1.807) is 0 Å². The third-order valence-electron chi connectivity index (χ3n) is 1.15. The first-order valence-corrected chi connectivity index (χ1v) is 12.7. The van der Waals surface area contributed by atoms with E-state index in [0.29, 0.717) is 26.4 Å². The van der Waals surface area contributed by atoms with Crippen LogP contribution in [-0.4, -0.2) is 26.4 Å². The maximum Gasteiger partial charge on any atom is 2.00 e. The quantitative estimate of drug-likeness (QED) is 0.326. The Bertz CT molecular complexity index is 248. The molecule has 121 valence electrons. The Morgan fingerprint density at radius 3 is 0.947 bits per heavy atom. The summed E-state index contributed by atoms with van der Waals surface area (Å²) in [4.78, 5) is 0. The zero-order chi connectivity index (χ0) is 14.7. The predicted molar refractivity (Wildman–Crippen MR) is 89.8 cm³/mol. The standard InChI is InChI=1S/2C4H11O2PS2.Cu/c2*1-3-5-7(8,9)6-4-2;/h2*3-4H2,1-2H3,(H,8,9);/q;;+2/p-2. The average molecular weight is 434 g/mol. The van der Waals surface area contributed by atoms with E-state index in [1.165, 1.54) is 0 Å². The molecule has 0 bridgehead atoms. The van der Waals surface area contributed by atoms with Crippen molar-refractivity contribution < 1.29 is 35.2 Å². The van der Waals surface area contributed by atoms with Gasteiger partial charge < -0.3 is 42.6 Å². The third-order valence-corrected chi connectivity index (χ3v) is 5.98. The van der Waals surface area contributed by atoms with Gasteiger partial charge in [-0.05, 0) is 27.7 Å². The van der Waals surface area contributed by atoms with E-state index in [-0.39, 0.29) is 17.1 Å². The summed E-state index contributed by atoms with van der Waals surface area (Å²) < 4.78 is 20.0. The first-order valence-electron chi connectivity index (χ1n) is 5.44. The molecule has 19 heavy (non-hydrogen) atoms. The zero-order valence-corrected chi connectivity index (χ0v) is 17.3. The Morgan fingerprint density at radius 1 is 0.684 bits per heavy atom. The number of hydrogen-bond donors (Lipinski definition) is 0. The van der Waals surface area contributed by atoms with E-state index < -0.39 is 11.4 Å². The normalized spacial score (nSPS) is 11.3. The van der Waals surface area contributed by atoms with E-state index in [1.807, 2.05) is 27.7 Å². The SMILES string of the molecule is CCOP(=S)([S-])OCC.CCOP(=S)([S-])OCC.[Cu+2]. The van der Waals surface area contributed by atoms with Crippen molar-refractivity contribution in [3.63, 3.8) is 0 Å². The summed E-state index contributed by atoms with van der Waals surface area (Å²) >= 11 is 19.3. The van der Waals surface area contributed by atoms with E-state index in [2.05, 4.69) is 0 Å². The van der Waals surface area contributed by atoms with Crippen molar-refractivity contribution in [3.05, 3.63) is 0 Å². The number of rotatable bonds is 8. The molecule has 0 fully saturated rings. The molecular weight excluding hydrogens is 414 g/mol. The van der Waals surface area contributed by atoms with Gasteiger partial charge in [0.2, 0.25) is 0 Å². The van der Waals surface area contributed by atoms with Gasteiger partial charge in [-0.1, -0.05) is 23.6 Å². The molecule has 0 aromatic heterocycles. The van der Waals surface area contributed by atoms with Gasteiger partial charge in [-0.25, -0.2) is 0 Å². The Hall–Kier alpha value is 2.36. The minimum atomic E-state index is -2.28. The van der Waals surface area contributed by atoms with Crippen molar-refractivity contribution in [3.8, 4) is 0 Å². The summed E-state index contributed by atoms with van der Waals surface area (Å²) in [6.45, 7) is 9.58. The van der Waals surface area contributed by atoms with Gasteiger partial charge in [0.15, 0.2) is 0 Å². The van der Waals surface area contributed by atoms with Crippen LogP contribution in [0.1, 0.15) is 27.7 Å². The van der Waals surface area contributed by atoms with Crippen LogP contribution in [-0.2, 0) is 83.3 Å². The Balaban J connectivity index is -0.000000256. The Kier molecular flexibility index (Phi) is 21.1. The molecule has 0 aromatic carbocycles. The van der Waals surface area contributed by atoms with E-state index >= 15 is 0 Å². The van der Waals surface area contributed by atoms with Crippen molar-refractivity contribution in [2.24, 2.45) is 0 Å². The molecule has 11 heteroatoms. The van der Waals surface area contributed by atoms with Crippen LogP contribution in [0.5, 0.6) is 0 Å². The van der Waals surface area contributed by atoms with Gasteiger partial charge in [0, 0.05) is 26.4 Å². The van der Waals surface area contributed by atoms with Crippen molar-refractivity contribution in [1.82, 2.24) is 0 Å². The van der Waals surface area contributed by atoms with Gasteiger partial charge in [0.25, 0.3) is 0 Å². The van der Waals surface area contributed by atoms with Gasteiger partial charge in [0.1, 0.15) is 0 Å². The first-order chi connectivity index (χ1) is 8.24. The number of hydrogen-bond acceptors (Lipinski definition) is 8. The second kappa shape index (κ2) is 15.3. The van der Waals surface area contributed by atoms with E-state index in [0.717, 1.165) is 0 Å². The Morgan fingerprint density at radius 2 is 0.842 bits per heavy atom. The largest absolute Gasteiger partial charge is 2.00 e. The van der Waals surface area contributed by atoms with Gasteiger partial charge in [-0.15, -0.1) is 0 Å². The van der Waals surface area contributed by atoms with Gasteiger partial charge in [-0.3, -0.25) is 0 Å². The summed E-state index contributed by atoms with van der Waals surface area (Å²) in [6, 6.07) is 0. The second-order valence-electron chi connectivity index (χ2n) is 2.57. The molecule has 0 saturated carbocycles. The third kappa shape index (κ3) is 20.4. The zero-order valence-electron chi connectivity index (χ0n) is 11.3. The molecule has 0 amide bonds. The molecule has 0 spiro atoms. The molecular formula is C8H20CuO4P2S4. The molecule has 0 saturated heterocycles. The summed E-state index contributed by atoms with van der Waals surface area (Å²) in [5.74, 6) is 0. The summed E-state index contributed by atoms with van der Waals surface area (Å²) in [7, 11) is 0. The molecule has 0 N–H and O–H groups in total. The van der Waals surface area contributed by atoms with Crippen molar-refractivity contribution in [2.75, 3.05) is 26.4 Å². The molecule has 0 aliphatic heterocycles. The Labute approximate surface area is 148 Å². The minimum Gasteiger partial charge on any atom is -0.691 e. The van der Waals surface area contributed by atoms with Gasteiger partial charge in [-0.2, -0.15) is 0 Å². The maximum atomic E-state index is 4.99. The van der Waals surface area contributed by atoms with Gasteiger partial charge >= 0.3 is 17.1 Å². The van der Waals surface area contributed by atoms with Crippen LogP contribution in [0.2, 0.25) is 0 Å². The van der Waals surface area contributed by atoms with E-state index in [9.17, 15) is 0 Å². The van der Waals surface area contributed by atoms with Crippen LogP contribution in [0.3, 0.4) is 0 Å². The van der Waals surface area contributed by atoms with Crippen LogP contribution in [0.4, 0.5) is 0 Å². The topological polar surface area (TPSA) is 36.9 Å². The van der Waals surface area contributed by atoms with Gasteiger partial charge in [0.05, 0.1) is 11.4 Å². The molecule has 0 aliphatic carbocycles. The van der Waals surface area contributed by atoms with Crippen LogP contribution in [0.25, 0.3) is 0 Å². The maximum absolute atomic E-state index is 4.99. The molecule has 0 atom stereocenters. The summed E-state index contributed by atoms with van der Waals surface area (Å²) in [6.07, 6.45) is 0. The van der Waals surface area contributed by atoms with Crippen molar-refractivity contribution in [2.45, 2.75) is 27.7 Å². The van der Waals surface area contributed by atoms with Crippen LogP contribution < -0.4 is 0 Å². The van der Waals surface area contributed by atoms with Crippen molar-refractivity contribution in [1.29, 1.82) is 0 Å². The molecule has 0 aliphatic rings. The summed E-state index contributed by atoms with van der Waals surface area (Å²) in [5, 5.41) is 0. The van der Waals surface area contributed by atoms with Crippen LogP contribution in [0.15, 0.2) is 0 Å².